The number of pyridine rings is 2. The standard InChI is InChI=1S/C19H17F3N4O3S/c20-19(21,22)10-6-16(29-15-4-3-12-11(15)2-1-5-23-12)17(24-7-10)26-18-25-13(9-30-18)14(28)8-27/h1-2,5-7,9,14-15,27-28H,3-4,8H2,(H,24,25,26). The van der Waals surface area contributed by atoms with Crippen molar-refractivity contribution in [3.8, 4) is 5.75 Å². The lowest BCUT2D eigenvalue weighted by Crippen LogP contribution is -2.10. The Morgan fingerprint density at radius 2 is 2.17 bits per heavy atom. The van der Waals surface area contributed by atoms with Crippen LogP contribution in [-0.2, 0) is 12.6 Å². The van der Waals surface area contributed by atoms with Crippen molar-refractivity contribution in [2.24, 2.45) is 0 Å². The van der Waals surface area contributed by atoms with Crippen LogP contribution in [0.15, 0.2) is 36.0 Å². The van der Waals surface area contributed by atoms with Crippen molar-refractivity contribution >= 4 is 22.3 Å². The lowest BCUT2D eigenvalue weighted by atomic mass is 10.2. The Labute approximate surface area is 173 Å². The summed E-state index contributed by atoms with van der Waals surface area (Å²) in [7, 11) is 0. The molecule has 3 N–H and O–H groups in total. The van der Waals surface area contributed by atoms with Gasteiger partial charge in [0.25, 0.3) is 0 Å². The summed E-state index contributed by atoms with van der Waals surface area (Å²) in [4.78, 5) is 12.3. The van der Waals surface area contributed by atoms with Crippen molar-refractivity contribution in [2.45, 2.75) is 31.2 Å². The predicted molar refractivity (Wildman–Crippen MR) is 103 cm³/mol. The van der Waals surface area contributed by atoms with Crippen LogP contribution >= 0.6 is 11.3 Å². The van der Waals surface area contributed by atoms with Crippen LogP contribution in [0.5, 0.6) is 5.75 Å². The maximum Gasteiger partial charge on any atom is 0.418 e. The summed E-state index contributed by atoms with van der Waals surface area (Å²) in [6.07, 6.45) is -2.51. The van der Waals surface area contributed by atoms with Crippen LogP contribution in [0, 0.1) is 0 Å². The molecular formula is C19H17F3N4O3S. The fraction of sp³-hybridized carbons (Fsp3) is 0.316. The van der Waals surface area contributed by atoms with Crippen LogP contribution in [0.3, 0.4) is 0 Å². The number of nitrogens with zero attached hydrogens (tertiary/aromatic N) is 3. The van der Waals surface area contributed by atoms with Gasteiger partial charge >= 0.3 is 6.18 Å². The number of aliphatic hydroxyl groups is 2. The van der Waals surface area contributed by atoms with Crippen molar-refractivity contribution in [3.05, 3.63) is 58.5 Å². The van der Waals surface area contributed by atoms with Crippen molar-refractivity contribution < 1.29 is 28.1 Å². The van der Waals surface area contributed by atoms with Gasteiger partial charge in [0.15, 0.2) is 16.7 Å². The van der Waals surface area contributed by atoms with Crippen molar-refractivity contribution in [1.82, 2.24) is 15.0 Å². The molecule has 3 aromatic heterocycles. The van der Waals surface area contributed by atoms with E-state index >= 15 is 0 Å². The number of halogens is 3. The first-order chi connectivity index (χ1) is 14.3. The SMILES string of the molecule is OCC(O)c1csc(Nc2ncc(C(F)(F)F)cc2OC2CCc3ncccc32)n1. The van der Waals surface area contributed by atoms with Crippen molar-refractivity contribution in [2.75, 3.05) is 11.9 Å². The number of ether oxygens (including phenoxy) is 1. The number of rotatable bonds is 6. The number of nitrogens with one attached hydrogen (secondary N) is 1. The topological polar surface area (TPSA) is 100 Å². The molecule has 0 aliphatic heterocycles. The molecule has 2 unspecified atom stereocenters. The van der Waals surface area contributed by atoms with E-state index < -0.39 is 30.6 Å². The van der Waals surface area contributed by atoms with E-state index in [4.69, 9.17) is 9.84 Å². The number of alkyl halides is 3. The molecule has 1 aliphatic rings. The van der Waals surface area contributed by atoms with E-state index in [0.29, 0.717) is 18.0 Å². The van der Waals surface area contributed by atoms with Crippen LogP contribution in [0.4, 0.5) is 24.1 Å². The van der Waals surface area contributed by atoms with E-state index in [1.165, 1.54) is 5.38 Å². The van der Waals surface area contributed by atoms with Crippen molar-refractivity contribution in [3.63, 3.8) is 0 Å². The van der Waals surface area contributed by atoms with E-state index in [2.05, 4.69) is 20.3 Å². The molecule has 0 spiro atoms. The maximum absolute atomic E-state index is 13.2. The van der Waals surface area contributed by atoms with E-state index in [1.54, 1.807) is 12.3 Å². The molecule has 7 nitrogen and oxygen atoms in total. The molecule has 2 atom stereocenters. The Morgan fingerprint density at radius 3 is 2.93 bits per heavy atom. The maximum atomic E-state index is 13.2. The predicted octanol–water partition coefficient (Wildman–Crippen LogP) is 3.79. The first-order valence-corrected chi connectivity index (χ1v) is 9.92. The average Bonchev–Trinajstić information content (AvgIpc) is 3.35. The number of fused-ring (bicyclic) bond motifs is 1. The van der Waals surface area contributed by atoms with E-state index in [0.717, 1.165) is 34.9 Å². The zero-order valence-corrected chi connectivity index (χ0v) is 16.2. The second kappa shape index (κ2) is 8.17. The molecule has 0 amide bonds. The number of aliphatic hydroxyl groups excluding tert-OH is 2. The van der Waals surface area contributed by atoms with Gasteiger partial charge < -0.3 is 20.3 Å². The van der Waals surface area contributed by atoms with Gasteiger partial charge in [0.05, 0.1) is 17.9 Å². The molecule has 3 heterocycles. The number of aromatic nitrogens is 3. The minimum atomic E-state index is -4.57. The minimum Gasteiger partial charge on any atom is -0.482 e. The third-order valence-electron chi connectivity index (χ3n) is 4.63. The van der Waals surface area contributed by atoms with Crippen LogP contribution in [0.1, 0.15) is 41.1 Å². The fourth-order valence-electron chi connectivity index (χ4n) is 3.13. The molecule has 0 bridgehead atoms. The third-order valence-corrected chi connectivity index (χ3v) is 5.40. The summed E-state index contributed by atoms with van der Waals surface area (Å²) < 4.78 is 45.6. The van der Waals surface area contributed by atoms with Crippen LogP contribution in [0.2, 0.25) is 0 Å². The lowest BCUT2D eigenvalue weighted by Gasteiger charge is -2.18. The second-order valence-electron chi connectivity index (χ2n) is 6.65. The molecule has 0 saturated heterocycles. The van der Waals surface area contributed by atoms with Crippen LogP contribution in [0.25, 0.3) is 0 Å². The number of hydrogen-bond acceptors (Lipinski definition) is 8. The van der Waals surface area contributed by atoms with Crippen LogP contribution < -0.4 is 10.1 Å². The summed E-state index contributed by atoms with van der Waals surface area (Å²) in [5.74, 6) is 0.00529. The molecule has 3 aromatic rings. The quantitative estimate of drug-likeness (QED) is 0.538. The number of hydrogen-bond donors (Lipinski definition) is 3. The Balaban J connectivity index is 1.64. The monoisotopic (exact) mass is 438 g/mol. The molecule has 0 radical (unpaired) electrons. The molecule has 1 aliphatic carbocycles. The second-order valence-corrected chi connectivity index (χ2v) is 7.51. The van der Waals surface area contributed by atoms with Gasteiger partial charge in [-0.2, -0.15) is 13.2 Å². The van der Waals surface area contributed by atoms with Gasteiger partial charge in [-0.25, -0.2) is 9.97 Å². The fourth-order valence-corrected chi connectivity index (χ4v) is 3.88. The molecule has 30 heavy (non-hydrogen) atoms. The molecule has 0 aromatic carbocycles. The molecule has 4 rings (SSSR count). The largest absolute Gasteiger partial charge is 0.482 e. The van der Waals surface area contributed by atoms with Gasteiger partial charge in [-0.05, 0) is 25.0 Å². The Kier molecular flexibility index (Phi) is 5.58. The normalized spacial score (nSPS) is 16.9. The highest BCUT2D eigenvalue weighted by molar-refractivity contribution is 7.13. The minimum absolute atomic E-state index is 0.0639. The summed E-state index contributed by atoms with van der Waals surface area (Å²) in [6, 6.07) is 4.51. The number of anilines is 2. The molecule has 0 saturated carbocycles. The summed E-state index contributed by atoms with van der Waals surface area (Å²) >= 11 is 1.12. The van der Waals surface area contributed by atoms with Gasteiger partial charge in [0.2, 0.25) is 0 Å². The molecule has 0 fully saturated rings. The van der Waals surface area contributed by atoms with Gasteiger partial charge in [0, 0.05) is 29.0 Å². The van der Waals surface area contributed by atoms with Gasteiger partial charge in [-0.15, -0.1) is 11.3 Å². The Hall–Kier alpha value is -2.76. The highest BCUT2D eigenvalue weighted by atomic mass is 32.1. The Morgan fingerprint density at radius 1 is 1.33 bits per heavy atom. The third kappa shape index (κ3) is 4.23. The molecule has 11 heteroatoms. The lowest BCUT2D eigenvalue weighted by molar-refractivity contribution is -0.138. The summed E-state index contributed by atoms with van der Waals surface area (Å²) in [5.41, 5.74) is 1.01. The van der Waals surface area contributed by atoms with Gasteiger partial charge in [0.1, 0.15) is 12.2 Å². The summed E-state index contributed by atoms with van der Waals surface area (Å²) in [5, 5.41) is 23.4. The van der Waals surface area contributed by atoms with E-state index in [1.807, 2.05) is 6.07 Å². The zero-order chi connectivity index (χ0) is 21.3. The molecule has 158 valence electrons. The Bertz CT molecular complexity index is 1040. The highest BCUT2D eigenvalue weighted by Crippen LogP contribution is 2.40. The first-order valence-electron chi connectivity index (χ1n) is 9.04. The van der Waals surface area contributed by atoms with E-state index in [9.17, 15) is 18.3 Å². The van der Waals surface area contributed by atoms with Crippen LogP contribution in [-0.4, -0.2) is 31.8 Å². The number of thiazole rings is 1. The zero-order valence-electron chi connectivity index (χ0n) is 15.4. The smallest absolute Gasteiger partial charge is 0.418 e. The summed E-state index contributed by atoms with van der Waals surface area (Å²) in [6.45, 7) is -0.495. The van der Waals surface area contributed by atoms with Gasteiger partial charge in [-0.3, -0.25) is 4.98 Å². The first kappa shape index (κ1) is 20.5. The average molecular weight is 438 g/mol. The van der Waals surface area contributed by atoms with Gasteiger partial charge in [-0.1, -0.05) is 6.07 Å². The van der Waals surface area contributed by atoms with Crippen molar-refractivity contribution in [1.29, 1.82) is 0 Å². The number of aryl methyl sites for hydroxylation is 1. The highest BCUT2D eigenvalue weighted by Gasteiger charge is 2.33. The molecular weight excluding hydrogens is 421 g/mol. The van der Waals surface area contributed by atoms with E-state index in [-0.39, 0.29) is 17.3 Å².